The van der Waals surface area contributed by atoms with Gasteiger partial charge in [0.2, 0.25) is 0 Å². The van der Waals surface area contributed by atoms with Gasteiger partial charge in [0.1, 0.15) is 18.3 Å². The fourth-order valence-electron chi connectivity index (χ4n) is 2.60. The minimum Gasteiger partial charge on any atom is -0.393 e. The van der Waals surface area contributed by atoms with E-state index in [1.165, 1.54) is 6.33 Å². The molecule has 4 aromatic rings. The van der Waals surface area contributed by atoms with Crippen LogP contribution >= 0.6 is 11.6 Å². The Labute approximate surface area is 159 Å². The number of imidazole rings is 1. The van der Waals surface area contributed by atoms with Crippen LogP contribution in [0.5, 0.6) is 0 Å². The lowest BCUT2D eigenvalue weighted by atomic mass is 10.2. The number of anilines is 2. The van der Waals surface area contributed by atoms with E-state index in [1.54, 1.807) is 35.2 Å². The second-order valence-corrected chi connectivity index (χ2v) is 6.09. The van der Waals surface area contributed by atoms with Gasteiger partial charge in [-0.3, -0.25) is 20.2 Å². The van der Waals surface area contributed by atoms with Gasteiger partial charge in [-0.2, -0.15) is 0 Å². The Balaban J connectivity index is 1.59. The molecule has 0 spiro atoms. The van der Waals surface area contributed by atoms with Crippen LogP contribution in [0.4, 0.5) is 11.5 Å². The van der Waals surface area contributed by atoms with Crippen LogP contribution in [-0.2, 0) is 0 Å². The Morgan fingerprint density at radius 3 is 2.63 bits per heavy atom. The first-order chi connectivity index (χ1) is 13.1. The highest BCUT2D eigenvalue weighted by Crippen LogP contribution is 2.24. The highest BCUT2D eigenvalue weighted by Gasteiger charge is 2.13. The Morgan fingerprint density at radius 2 is 1.81 bits per heavy atom. The number of rotatable bonds is 4. The van der Waals surface area contributed by atoms with Crippen molar-refractivity contribution in [2.45, 2.75) is 0 Å². The van der Waals surface area contributed by atoms with Crippen molar-refractivity contribution >= 4 is 40.0 Å². The van der Waals surface area contributed by atoms with Crippen molar-refractivity contribution in [2.24, 2.45) is 0 Å². The number of nitrogens with zero attached hydrogens (tertiary/aromatic N) is 4. The van der Waals surface area contributed by atoms with Crippen molar-refractivity contribution in [1.29, 1.82) is 0 Å². The monoisotopic (exact) mass is 379 g/mol. The number of nitrogen functional groups attached to an aromatic ring is 1. The minimum absolute atomic E-state index is 0.275. The first kappa shape index (κ1) is 16.8. The van der Waals surface area contributed by atoms with Crippen molar-refractivity contribution in [3.05, 3.63) is 71.8 Å². The van der Waals surface area contributed by atoms with E-state index in [0.717, 1.165) is 11.0 Å². The number of nitrogens with one attached hydrogen (secondary N) is 2. The maximum Gasteiger partial charge on any atom is 0.269 e. The molecule has 9 heteroatoms. The third-order valence-corrected chi connectivity index (χ3v) is 4.20. The van der Waals surface area contributed by atoms with Crippen LogP contribution in [0.25, 0.3) is 16.9 Å². The van der Waals surface area contributed by atoms with Crippen molar-refractivity contribution in [3.8, 4) is 5.82 Å². The van der Waals surface area contributed by atoms with Gasteiger partial charge in [0.15, 0.2) is 11.6 Å². The molecule has 0 fully saturated rings. The van der Waals surface area contributed by atoms with E-state index in [9.17, 15) is 4.79 Å². The molecule has 2 aromatic carbocycles. The highest BCUT2D eigenvalue weighted by molar-refractivity contribution is 6.30. The van der Waals surface area contributed by atoms with Gasteiger partial charge < -0.3 is 5.73 Å². The fraction of sp³-hybridized carbons (Fsp3) is 0. The number of carbonyl (C=O) groups is 1. The summed E-state index contributed by atoms with van der Waals surface area (Å²) in [6.07, 6.45) is 3.00. The molecule has 0 saturated heterocycles. The molecule has 0 bridgehead atoms. The molecule has 0 radical (unpaired) electrons. The number of fused-ring (bicyclic) bond motifs is 1. The number of amides is 1. The number of halogens is 1. The molecular formula is C18H14ClN7O. The zero-order valence-corrected chi connectivity index (χ0v) is 14.7. The number of hydrazine groups is 1. The Bertz CT molecular complexity index is 1120. The van der Waals surface area contributed by atoms with Gasteiger partial charge >= 0.3 is 0 Å². The van der Waals surface area contributed by atoms with E-state index in [1.807, 2.05) is 24.3 Å². The largest absolute Gasteiger partial charge is 0.393 e. The van der Waals surface area contributed by atoms with Crippen LogP contribution in [0.15, 0.2) is 61.2 Å². The standard InChI is InChI=1S/C18H14ClN7O/c19-12-7-5-11(6-8-12)18(27)25-24-16-15(20)17(22-9-21-16)26-10-23-13-3-1-2-4-14(13)26/h1-10H,20H2,(H,25,27)(H,21,22,24). The quantitative estimate of drug-likeness (QED) is 0.470. The molecule has 0 atom stereocenters. The second kappa shape index (κ2) is 6.93. The molecule has 0 saturated carbocycles. The van der Waals surface area contributed by atoms with E-state index < -0.39 is 0 Å². The molecule has 0 aliphatic carbocycles. The Kier molecular flexibility index (Phi) is 4.31. The zero-order valence-electron chi connectivity index (χ0n) is 13.9. The number of hydrogen-bond acceptors (Lipinski definition) is 6. The summed E-state index contributed by atoms with van der Waals surface area (Å²) >= 11 is 5.83. The van der Waals surface area contributed by atoms with Gasteiger partial charge in [-0.05, 0) is 36.4 Å². The van der Waals surface area contributed by atoms with Gasteiger partial charge in [0, 0.05) is 10.6 Å². The normalized spacial score (nSPS) is 10.7. The minimum atomic E-state index is -0.348. The molecule has 134 valence electrons. The molecule has 0 unspecified atom stereocenters. The van der Waals surface area contributed by atoms with Gasteiger partial charge in [0.05, 0.1) is 11.0 Å². The molecule has 2 aromatic heterocycles. The summed E-state index contributed by atoms with van der Waals surface area (Å²) in [5.41, 5.74) is 13.9. The van der Waals surface area contributed by atoms with Gasteiger partial charge in [-0.25, -0.2) is 15.0 Å². The number of hydrogen-bond donors (Lipinski definition) is 3. The summed E-state index contributed by atoms with van der Waals surface area (Å²) in [5.74, 6) is 0.390. The predicted octanol–water partition coefficient (Wildman–Crippen LogP) is 2.81. The van der Waals surface area contributed by atoms with Crippen molar-refractivity contribution in [2.75, 3.05) is 11.2 Å². The number of para-hydroxylation sites is 2. The van der Waals surface area contributed by atoms with Crippen molar-refractivity contribution in [3.63, 3.8) is 0 Å². The van der Waals surface area contributed by atoms with E-state index in [-0.39, 0.29) is 17.4 Å². The molecule has 4 N–H and O–H groups in total. The summed E-state index contributed by atoms with van der Waals surface area (Å²) in [7, 11) is 0. The first-order valence-electron chi connectivity index (χ1n) is 7.98. The highest BCUT2D eigenvalue weighted by atomic mass is 35.5. The second-order valence-electron chi connectivity index (χ2n) is 5.65. The predicted molar refractivity (Wildman–Crippen MR) is 104 cm³/mol. The molecule has 4 rings (SSSR count). The van der Waals surface area contributed by atoms with Crippen molar-refractivity contribution in [1.82, 2.24) is 24.9 Å². The lowest BCUT2D eigenvalue weighted by Gasteiger charge is -2.12. The maximum atomic E-state index is 12.2. The van der Waals surface area contributed by atoms with E-state index in [4.69, 9.17) is 17.3 Å². The van der Waals surface area contributed by atoms with Crippen LogP contribution in [0.2, 0.25) is 5.02 Å². The summed E-state index contributed by atoms with van der Waals surface area (Å²) in [5, 5.41) is 0.553. The van der Waals surface area contributed by atoms with Crippen LogP contribution in [0.3, 0.4) is 0 Å². The molecule has 2 heterocycles. The number of nitrogens with two attached hydrogens (primary N) is 1. The number of benzene rings is 2. The SMILES string of the molecule is Nc1c(NNC(=O)c2ccc(Cl)cc2)ncnc1-n1cnc2ccccc21. The van der Waals surface area contributed by atoms with Gasteiger partial charge in [-0.15, -0.1) is 0 Å². The summed E-state index contributed by atoms with van der Waals surface area (Å²) < 4.78 is 1.76. The third-order valence-electron chi connectivity index (χ3n) is 3.95. The van der Waals surface area contributed by atoms with E-state index in [0.29, 0.717) is 16.4 Å². The zero-order chi connectivity index (χ0) is 18.8. The lowest BCUT2D eigenvalue weighted by molar-refractivity contribution is 0.0962. The summed E-state index contributed by atoms with van der Waals surface area (Å²) in [6.45, 7) is 0. The van der Waals surface area contributed by atoms with Crippen molar-refractivity contribution < 1.29 is 4.79 Å². The average Bonchev–Trinajstić information content (AvgIpc) is 3.11. The third kappa shape index (κ3) is 3.25. The topological polar surface area (TPSA) is 111 Å². The van der Waals surface area contributed by atoms with Crippen LogP contribution in [-0.4, -0.2) is 25.4 Å². The fourth-order valence-corrected chi connectivity index (χ4v) is 2.72. The molecule has 27 heavy (non-hydrogen) atoms. The molecule has 8 nitrogen and oxygen atoms in total. The van der Waals surface area contributed by atoms with Gasteiger partial charge in [-0.1, -0.05) is 23.7 Å². The summed E-state index contributed by atoms with van der Waals surface area (Å²) in [6, 6.07) is 14.1. The molecule has 0 aliphatic rings. The smallest absolute Gasteiger partial charge is 0.269 e. The molecular weight excluding hydrogens is 366 g/mol. The maximum absolute atomic E-state index is 12.2. The van der Waals surface area contributed by atoms with Crippen LogP contribution in [0, 0.1) is 0 Å². The van der Waals surface area contributed by atoms with E-state index in [2.05, 4.69) is 25.8 Å². The van der Waals surface area contributed by atoms with Crippen LogP contribution in [0.1, 0.15) is 10.4 Å². The molecule has 1 amide bonds. The Hall–Kier alpha value is -3.65. The first-order valence-corrected chi connectivity index (χ1v) is 8.36. The average molecular weight is 380 g/mol. The molecule has 0 aliphatic heterocycles. The van der Waals surface area contributed by atoms with Crippen LogP contribution < -0.4 is 16.6 Å². The van der Waals surface area contributed by atoms with Gasteiger partial charge in [0.25, 0.3) is 5.91 Å². The lowest BCUT2D eigenvalue weighted by Crippen LogP contribution is -2.30. The number of carbonyl (C=O) groups excluding carboxylic acids is 1. The Morgan fingerprint density at radius 1 is 1.04 bits per heavy atom. The van der Waals surface area contributed by atoms with E-state index >= 15 is 0 Å². The summed E-state index contributed by atoms with van der Waals surface area (Å²) in [4.78, 5) is 24.9. The number of aromatic nitrogens is 4.